The van der Waals surface area contributed by atoms with Gasteiger partial charge in [0.05, 0.1) is 6.61 Å². The molecule has 1 N–H and O–H groups in total. The molecule has 16 heavy (non-hydrogen) atoms. The van der Waals surface area contributed by atoms with Crippen molar-refractivity contribution in [2.45, 2.75) is 54.0 Å². The molecule has 2 nitrogen and oxygen atoms in total. The molecule has 0 aliphatic heterocycles. The van der Waals surface area contributed by atoms with Crippen molar-refractivity contribution in [1.29, 1.82) is 0 Å². The summed E-state index contributed by atoms with van der Waals surface area (Å²) in [6.07, 6.45) is 1.19. The summed E-state index contributed by atoms with van der Waals surface area (Å²) < 4.78 is 5.62. The van der Waals surface area contributed by atoms with E-state index in [2.05, 4.69) is 46.9 Å². The first-order valence-corrected chi connectivity index (χ1v) is 6.70. The van der Waals surface area contributed by atoms with E-state index in [1.807, 2.05) is 0 Å². The topological polar surface area (TPSA) is 21.3 Å². The number of ether oxygens (including phenoxy) is 1. The van der Waals surface area contributed by atoms with Gasteiger partial charge in [-0.15, -0.1) is 0 Å². The predicted octanol–water partition coefficient (Wildman–Crippen LogP) is 3.07. The second-order valence-electron chi connectivity index (χ2n) is 6.14. The van der Waals surface area contributed by atoms with Crippen LogP contribution in [0, 0.1) is 16.7 Å². The van der Waals surface area contributed by atoms with Crippen LogP contribution >= 0.6 is 0 Å². The van der Waals surface area contributed by atoms with Gasteiger partial charge in [-0.1, -0.05) is 34.6 Å². The van der Waals surface area contributed by atoms with Crippen molar-refractivity contribution < 1.29 is 4.74 Å². The Morgan fingerprint density at radius 2 is 1.69 bits per heavy atom. The molecule has 96 valence electrons. The van der Waals surface area contributed by atoms with Crippen molar-refractivity contribution in [2.75, 3.05) is 19.8 Å². The Morgan fingerprint density at radius 1 is 1.12 bits per heavy atom. The fraction of sp³-hybridized carbons (Fsp3) is 1.00. The van der Waals surface area contributed by atoms with Crippen LogP contribution in [0.3, 0.4) is 0 Å². The van der Waals surface area contributed by atoms with Gasteiger partial charge in [-0.2, -0.15) is 0 Å². The molecule has 0 aromatic carbocycles. The van der Waals surface area contributed by atoms with Gasteiger partial charge < -0.3 is 10.1 Å². The second-order valence-corrected chi connectivity index (χ2v) is 6.14. The first kappa shape index (κ1) is 14.0. The largest absolute Gasteiger partial charge is 0.380 e. The van der Waals surface area contributed by atoms with Crippen LogP contribution in [0.4, 0.5) is 0 Å². The average Bonchev–Trinajstić information content (AvgIpc) is 2.60. The molecule has 1 aliphatic carbocycles. The number of hydrogen-bond acceptors (Lipinski definition) is 2. The minimum atomic E-state index is 0.440. The van der Waals surface area contributed by atoms with E-state index in [9.17, 15) is 0 Å². The molecular formula is C14H29NO. The first-order valence-electron chi connectivity index (χ1n) is 6.70. The average molecular weight is 227 g/mol. The SMILES string of the molecule is CCCNC(COCC)C1C(C)(C)C1(C)C. The van der Waals surface area contributed by atoms with E-state index in [1.54, 1.807) is 0 Å². The third kappa shape index (κ3) is 2.43. The van der Waals surface area contributed by atoms with E-state index in [1.165, 1.54) is 6.42 Å². The highest BCUT2D eigenvalue weighted by atomic mass is 16.5. The summed E-state index contributed by atoms with van der Waals surface area (Å²) in [5.74, 6) is 0.734. The standard InChI is InChI=1S/C14H29NO/c1-7-9-15-11(10-16-8-2)12-13(3,4)14(12,5)6/h11-12,15H,7-10H2,1-6H3. The first-order chi connectivity index (χ1) is 7.39. The number of nitrogens with one attached hydrogen (secondary N) is 1. The van der Waals surface area contributed by atoms with E-state index >= 15 is 0 Å². The van der Waals surface area contributed by atoms with E-state index in [0.717, 1.165) is 25.7 Å². The molecule has 0 spiro atoms. The normalized spacial score (nSPS) is 24.4. The van der Waals surface area contributed by atoms with Gasteiger partial charge in [-0.3, -0.25) is 0 Å². The van der Waals surface area contributed by atoms with Crippen molar-refractivity contribution in [3.63, 3.8) is 0 Å². The maximum Gasteiger partial charge on any atom is 0.0622 e. The number of rotatable bonds is 7. The Bertz CT molecular complexity index is 201. The summed E-state index contributed by atoms with van der Waals surface area (Å²) in [7, 11) is 0. The summed E-state index contributed by atoms with van der Waals surface area (Å²) in [4.78, 5) is 0. The fourth-order valence-corrected chi connectivity index (χ4v) is 3.10. The van der Waals surface area contributed by atoms with Gasteiger partial charge in [-0.05, 0) is 36.6 Å². The highest BCUT2D eigenvalue weighted by Gasteiger charge is 2.66. The highest BCUT2D eigenvalue weighted by Crippen LogP contribution is 2.69. The summed E-state index contributed by atoms with van der Waals surface area (Å²) in [6, 6.07) is 0.518. The Labute approximate surface area is 101 Å². The van der Waals surface area contributed by atoms with Crippen molar-refractivity contribution in [3.8, 4) is 0 Å². The molecular weight excluding hydrogens is 198 g/mol. The summed E-state index contributed by atoms with van der Waals surface area (Å²) in [5, 5.41) is 3.65. The van der Waals surface area contributed by atoms with Crippen LogP contribution in [0.25, 0.3) is 0 Å². The van der Waals surface area contributed by atoms with E-state index < -0.39 is 0 Å². The molecule has 1 rings (SSSR count). The summed E-state index contributed by atoms with van der Waals surface area (Å²) in [5.41, 5.74) is 0.880. The van der Waals surface area contributed by atoms with E-state index in [-0.39, 0.29) is 0 Å². The van der Waals surface area contributed by atoms with Gasteiger partial charge in [0.25, 0.3) is 0 Å². The van der Waals surface area contributed by atoms with Crippen LogP contribution in [-0.2, 0) is 4.74 Å². The molecule has 0 radical (unpaired) electrons. The minimum Gasteiger partial charge on any atom is -0.380 e. The molecule has 2 heteroatoms. The van der Waals surface area contributed by atoms with Gasteiger partial charge in [0.1, 0.15) is 0 Å². The third-order valence-electron chi connectivity index (χ3n) is 4.69. The zero-order valence-electron chi connectivity index (χ0n) is 11.9. The van der Waals surface area contributed by atoms with Crippen LogP contribution in [0.15, 0.2) is 0 Å². The Morgan fingerprint density at radius 3 is 2.06 bits per heavy atom. The lowest BCUT2D eigenvalue weighted by atomic mass is 10.0. The lowest BCUT2D eigenvalue weighted by Crippen LogP contribution is -2.38. The Hall–Kier alpha value is -0.0800. The smallest absolute Gasteiger partial charge is 0.0622 e. The lowest BCUT2D eigenvalue weighted by Gasteiger charge is -2.20. The van der Waals surface area contributed by atoms with Gasteiger partial charge >= 0.3 is 0 Å². The van der Waals surface area contributed by atoms with E-state index in [4.69, 9.17) is 4.74 Å². The second kappa shape index (κ2) is 5.05. The van der Waals surface area contributed by atoms with Crippen LogP contribution in [-0.4, -0.2) is 25.8 Å². The van der Waals surface area contributed by atoms with Gasteiger partial charge in [0, 0.05) is 12.6 Å². The molecule has 0 aromatic rings. The quantitative estimate of drug-likeness (QED) is 0.721. The van der Waals surface area contributed by atoms with Crippen LogP contribution in [0.1, 0.15) is 48.0 Å². The van der Waals surface area contributed by atoms with E-state index in [0.29, 0.717) is 16.9 Å². The molecule has 1 saturated carbocycles. The molecule has 1 aliphatic rings. The predicted molar refractivity (Wildman–Crippen MR) is 69.6 cm³/mol. The molecule has 0 saturated heterocycles. The van der Waals surface area contributed by atoms with Gasteiger partial charge in [0.15, 0.2) is 0 Å². The molecule has 1 unspecified atom stereocenters. The molecule has 1 atom stereocenters. The minimum absolute atomic E-state index is 0.440. The molecule has 1 fully saturated rings. The maximum atomic E-state index is 5.62. The van der Waals surface area contributed by atoms with Gasteiger partial charge in [-0.25, -0.2) is 0 Å². The molecule has 0 heterocycles. The Kier molecular flexibility index (Phi) is 4.42. The number of hydrogen-bond donors (Lipinski definition) is 1. The Balaban J connectivity index is 2.57. The third-order valence-corrected chi connectivity index (χ3v) is 4.69. The monoisotopic (exact) mass is 227 g/mol. The molecule has 0 bridgehead atoms. The van der Waals surface area contributed by atoms with Gasteiger partial charge in [0.2, 0.25) is 0 Å². The van der Waals surface area contributed by atoms with Crippen LogP contribution in [0.5, 0.6) is 0 Å². The van der Waals surface area contributed by atoms with Crippen molar-refractivity contribution >= 4 is 0 Å². The molecule has 0 aromatic heterocycles. The van der Waals surface area contributed by atoms with Crippen molar-refractivity contribution in [3.05, 3.63) is 0 Å². The lowest BCUT2D eigenvalue weighted by molar-refractivity contribution is 0.109. The van der Waals surface area contributed by atoms with Crippen LogP contribution in [0.2, 0.25) is 0 Å². The van der Waals surface area contributed by atoms with Crippen LogP contribution < -0.4 is 5.32 Å². The fourth-order valence-electron chi connectivity index (χ4n) is 3.10. The zero-order valence-corrected chi connectivity index (χ0v) is 11.9. The summed E-state index contributed by atoms with van der Waals surface area (Å²) in [6.45, 7) is 16.6. The summed E-state index contributed by atoms with van der Waals surface area (Å²) >= 11 is 0. The van der Waals surface area contributed by atoms with Crippen molar-refractivity contribution in [2.24, 2.45) is 16.7 Å². The highest BCUT2D eigenvalue weighted by molar-refractivity contribution is 5.16. The molecule has 0 amide bonds. The van der Waals surface area contributed by atoms with Crippen molar-refractivity contribution in [1.82, 2.24) is 5.32 Å². The maximum absolute atomic E-state index is 5.62. The zero-order chi connectivity index (χ0) is 12.4.